The van der Waals surface area contributed by atoms with Crippen LogP contribution >= 0.6 is 0 Å². The SMILES string of the molecule is CCCN(CC1CCCCN1)C1CCCCC1O. The van der Waals surface area contributed by atoms with Crippen LogP contribution in [-0.4, -0.2) is 47.8 Å². The second kappa shape index (κ2) is 7.46. The molecule has 2 fully saturated rings. The average molecular weight is 254 g/mol. The summed E-state index contributed by atoms with van der Waals surface area (Å²) in [6, 6.07) is 1.07. The standard InChI is InChI=1S/C15H30N2O/c1-2-11-17(12-13-7-5-6-10-16-13)14-8-3-4-9-15(14)18/h13-16,18H,2-12H2,1H3. The molecule has 3 nitrogen and oxygen atoms in total. The molecule has 0 amide bonds. The Morgan fingerprint density at radius 2 is 1.89 bits per heavy atom. The lowest BCUT2D eigenvalue weighted by molar-refractivity contribution is 0.0140. The summed E-state index contributed by atoms with van der Waals surface area (Å²) in [5.41, 5.74) is 0. The Labute approximate surface area is 112 Å². The highest BCUT2D eigenvalue weighted by molar-refractivity contribution is 4.86. The maximum absolute atomic E-state index is 10.2. The Morgan fingerprint density at radius 3 is 2.56 bits per heavy atom. The van der Waals surface area contributed by atoms with Crippen LogP contribution in [0.5, 0.6) is 0 Å². The van der Waals surface area contributed by atoms with E-state index in [1.807, 2.05) is 0 Å². The van der Waals surface area contributed by atoms with Crippen LogP contribution in [-0.2, 0) is 0 Å². The number of aliphatic hydroxyl groups excluding tert-OH is 1. The molecule has 0 aromatic carbocycles. The average Bonchev–Trinajstić information content (AvgIpc) is 2.40. The smallest absolute Gasteiger partial charge is 0.0695 e. The second-order valence-corrected chi connectivity index (χ2v) is 6.06. The van der Waals surface area contributed by atoms with Crippen molar-refractivity contribution in [3.63, 3.8) is 0 Å². The maximum atomic E-state index is 10.2. The minimum absolute atomic E-state index is 0.0890. The minimum atomic E-state index is -0.0890. The van der Waals surface area contributed by atoms with Crippen LogP contribution in [0.4, 0.5) is 0 Å². The van der Waals surface area contributed by atoms with Gasteiger partial charge in [-0.05, 0) is 45.2 Å². The van der Waals surface area contributed by atoms with Gasteiger partial charge in [-0.15, -0.1) is 0 Å². The van der Waals surface area contributed by atoms with E-state index in [1.165, 1.54) is 51.5 Å². The normalized spacial score (nSPS) is 33.8. The molecule has 2 rings (SSSR count). The van der Waals surface area contributed by atoms with E-state index in [4.69, 9.17) is 0 Å². The van der Waals surface area contributed by atoms with Crippen molar-refractivity contribution >= 4 is 0 Å². The molecule has 1 saturated heterocycles. The van der Waals surface area contributed by atoms with Crippen molar-refractivity contribution in [2.24, 2.45) is 0 Å². The molecule has 0 spiro atoms. The fourth-order valence-electron chi connectivity index (χ4n) is 3.56. The molecule has 1 saturated carbocycles. The zero-order valence-corrected chi connectivity index (χ0v) is 11.9. The summed E-state index contributed by atoms with van der Waals surface area (Å²) in [6.45, 7) is 5.70. The molecule has 0 radical (unpaired) electrons. The third-order valence-electron chi connectivity index (χ3n) is 4.54. The molecule has 3 unspecified atom stereocenters. The fraction of sp³-hybridized carbons (Fsp3) is 1.00. The summed E-state index contributed by atoms with van der Waals surface area (Å²) in [4.78, 5) is 2.56. The molecule has 0 aromatic heterocycles. The molecule has 0 aromatic rings. The maximum Gasteiger partial charge on any atom is 0.0695 e. The number of piperidine rings is 1. The van der Waals surface area contributed by atoms with Gasteiger partial charge in [-0.3, -0.25) is 4.90 Å². The van der Waals surface area contributed by atoms with E-state index in [0.29, 0.717) is 12.1 Å². The van der Waals surface area contributed by atoms with E-state index in [9.17, 15) is 5.11 Å². The first-order chi connectivity index (χ1) is 8.81. The van der Waals surface area contributed by atoms with E-state index in [0.717, 1.165) is 19.5 Å². The zero-order valence-electron chi connectivity index (χ0n) is 11.9. The van der Waals surface area contributed by atoms with Gasteiger partial charge in [0.1, 0.15) is 0 Å². The van der Waals surface area contributed by atoms with Crippen LogP contribution < -0.4 is 5.32 Å². The molecule has 2 N–H and O–H groups in total. The van der Waals surface area contributed by atoms with Crippen molar-refractivity contribution in [3.8, 4) is 0 Å². The zero-order chi connectivity index (χ0) is 12.8. The molecule has 106 valence electrons. The van der Waals surface area contributed by atoms with Gasteiger partial charge < -0.3 is 10.4 Å². The van der Waals surface area contributed by atoms with Gasteiger partial charge in [0.15, 0.2) is 0 Å². The minimum Gasteiger partial charge on any atom is -0.391 e. The van der Waals surface area contributed by atoms with Gasteiger partial charge in [0, 0.05) is 18.6 Å². The third-order valence-corrected chi connectivity index (χ3v) is 4.54. The summed E-state index contributed by atoms with van der Waals surface area (Å²) < 4.78 is 0. The fourth-order valence-corrected chi connectivity index (χ4v) is 3.56. The Bertz CT molecular complexity index is 229. The quantitative estimate of drug-likeness (QED) is 0.789. The predicted octanol–water partition coefficient (Wildman–Crippen LogP) is 2.14. The van der Waals surface area contributed by atoms with Crippen molar-refractivity contribution < 1.29 is 5.11 Å². The van der Waals surface area contributed by atoms with E-state index in [1.54, 1.807) is 0 Å². The molecule has 18 heavy (non-hydrogen) atoms. The highest BCUT2D eigenvalue weighted by Gasteiger charge is 2.29. The van der Waals surface area contributed by atoms with Gasteiger partial charge in [-0.25, -0.2) is 0 Å². The molecule has 1 heterocycles. The number of hydrogen-bond acceptors (Lipinski definition) is 3. The van der Waals surface area contributed by atoms with Gasteiger partial charge in [0.2, 0.25) is 0 Å². The van der Waals surface area contributed by atoms with Crippen LogP contribution in [0.25, 0.3) is 0 Å². The van der Waals surface area contributed by atoms with E-state index in [-0.39, 0.29) is 6.10 Å². The Hall–Kier alpha value is -0.120. The monoisotopic (exact) mass is 254 g/mol. The summed E-state index contributed by atoms with van der Waals surface area (Å²) in [5, 5.41) is 13.9. The molecular weight excluding hydrogens is 224 g/mol. The molecule has 2 aliphatic rings. The largest absolute Gasteiger partial charge is 0.391 e. The third kappa shape index (κ3) is 3.94. The molecular formula is C15H30N2O. The first-order valence-corrected chi connectivity index (χ1v) is 7.96. The molecule has 1 aliphatic heterocycles. The number of nitrogens with zero attached hydrogens (tertiary/aromatic N) is 1. The molecule has 3 atom stereocenters. The molecule has 0 bridgehead atoms. The molecule has 1 aliphatic carbocycles. The lowest BCUT2D eigenvalue weighted by Crippen LogP contribution is -2.52. The Balaban J connectivity index is 1.88. The van der Waals surface area contributed by atoms with Crippen molar-refractivity contribution in [2.75, 3.05) is 19.6 Å². The molecule has 3 heteroatoms. The number of rotatable bonds is 5. The van der Waals surface area contributed by atoms with Crippen LogP contribution in [0.3, 0.4) is 0 Å². The highest BCUT2D eigenvalue weighted by atomic mass is 16.3. The number of nitrogens with one attached hydrogen (secondary N) is 1. The first-order valence-electron chi connectivity index (χ1n) is 7.96. The lowest BCUT2D eigenvalue weighted by Gasteiger charge is -2.40. The van der Waals surface area contributed by atoms with Gasteiger partial charge in [0.25, 0.3) is 0 Å². The van der Waals surface area contributed by atoms with Crippen molar-refractivity contribution in [2.45, 2.75) is 76.5 Å². The lowest BCUT2D eigenvalue weighted by atomic mass is 9.90. The van der Waals surface area contributed by atoms with Crippen molar-refractivity contribution in [1.29, 1.82) is 0 Å². The van der Waals surface area contributed by atoms with E-state index < -0.39 is 0 Å². The number of hydrogen-bond donors (Lipinski definition) is 2. The van der Waals surface area contributed by atoms with Gasteiger partial charge in [-0.2, -0.15) is 0 Å². The highest BCUT2D eigenvalue weighted by Crippen LogP contribution is 2.24. The van der Waals surface area contributed by atoms with Crippen LogP contribution in [0.15, 0.2) is 0 Å². The van der Waals surface area contributed by atoms with Crippen LogP contribution in [0.2, 0.25) is 0 Å². The number of aliphatic hydroxyl groups is 1. The first kappa shape index (κ1) is 14.3. The van der Waals surface area contributed by atoms with Crippen molar-refractivity contribution in [1.82, 2.24) is 10.2 Å². The van der Waals surface area contributed by atoms with Gasteiger partial charge >= 0.3 is 0 Å². The van der Waals surface area contributed by atoms with Crippen molar-refractivity contribution in [3.05, 3.63) is 0 Å². The van der Waals surface area contributed by atoms with Gasteiger partial charge in [-0.1, -0.05) is 26.2 Å². The Morgan fingerprint density at radius 1 is 1.11 bits per heavy atom. The van der Waals surface area contributed by atoms with Crippen LogP contribution in [0.1, 0.15) is 58.3 Å². The van der Waals surface area contributed by atoms with Crippen LogP contribution in [0, 0.1) is 0 Å². The second-order valence-electron chi connectivity index (χ2n) is 6.06. The van der Waals surface area contributed by atoms with E-state index >= 15 is 0 Å². The van der Waals surface area contributed by atoms with Gasteiger partial charge in [0.05, 0.1) is 6.10 Å². The topological polar surface area (TPSA) is 35.5 Å². The Kier molecular flexibility index (Phi) is 5.93. The van der Waals surface area contributed by atoms with E-state index in [2.05, 4.69) is 17.1 Å². The predicted molar refractivity (Wildman–Crippen MR) is 75.8 cm³/mol. The summed E-state index contributed by atoms with van der Waals surface area (Å²) in [5.74, 6) is 0. The summed E-state index contributed by atoms with van der Waals surface area (Å²) >= 11 is 0. The summed E-state index contributed by atoms with van der Waals surface area (Å²) in [6.07, 6.45) is 9.80. The summed E-state index contributed by atoms with van der Waals surface area (Å²) in [7, 11) is 0.